The molecular weight excluding hydrogens is 230 g/mol. The van der Waals surface area contributed by atoms with Crippen molar-refractivity contribution in [3.8, 4) is 11.5 Å². The summed E-state index contributed by atoms with van der Waals surface area (Å²) in [6.45, 7) is 5.90. The second kappa shape index (κ2) is 6.07. The molecule has 0 saturated heterocycles. The van der Waals surface area contributed by atoms with Gasteiger partial charge < -0.3 is 19.5 Å². The molecule has 1 N–H and O–H groups in total. The summed E-state index contributed by atoms with van der Waals surface area (Å²) in [6.07, 6.45) is 0.220. The minimum absolute atomic E-state index is 0.115. The summed E-state index contributed by atoms with van der Waals surface area (Å²) in [4.78, 5) is 0. The Morgan fingerprint density at radius 1 is 1.28 bits per heavy atom. The smallest absolute Gasteiger partial charge is 0.166 e. The SMILES string of the molecule is CNC(COC(C)C)c1cccc2c1OCCO2. The molecule has 1 unspecified atom stereocenters. The fourth-order valence-electron chi connectivity index (χ4n) is 1.99. The maximum Gasteiger partial charge on any atom is 0.166 e. The van der Waals surface area contributed by atoms with Gasteiger partial charge in [-0.15, -0.1) is 0 Å². The van der Waals surface area contributed by atoms with E-state index in [0.717, 1.165) is 17.1 Å². The van der Waals surface area contributed by atoms with Gasteiger partial charge >= 0.3 is 0 Å². The van der Waals surface area contributed by atoms with Crippen LogP contribution in [-0.4, -0.2) is 33.0 Å². The van der Waals surface area contributed by atoms with Crippen LogP contribution in [0.4, 0.5) is 0 Å². The molecule has 0 amide bonds. The zero-order valence-corrected chi connectivity index (χ0v) is 11.2. The lowest BCUT2D eigenvalue weighted by molar-refractivity contribution is 0.0613. The fourth-order valence-corrected chi connectivity index (χ4v) is 1.99. The number of nitrogens with one attached hydrogen (secondary N) is 1. The predicted molar refractivity (Wildman–Crippen MR) is 70.3 cm³/mol. The highest BCUT2D eigenvalue weighted by atomic mass is 16.6. The Morgan fingerprint density at radius 2 is 2.06 bits per heavy atom. The van der Waals surface area contributed by atoms with E-state index in [2.05, 4.69) is 11.4 Å². The van der Waals surface area contributed by atoms with Crippen LogP contribution in [0.25, 0.3) is 0 Å². The average Bonchev–Trinajstić information content (AvgIpc) is 2.39. The number of hydrogen-bond acceptors (Lipinski definition) is 4. The van der Waals surface area contributed by atoms with Crippen molar-refractivity contribution in [2.45, 2.75) is 26.0 Å². The molecule has 100 valence electrons. The molecule has 0 spiro atoms. The van der Waals surface area contributed by atoms with Gasteiger partial charge in [0.2, 0.25) is 0 Å². The van der Waals surface area contributed by atoms with Gasteiger partial charge in [0.15, 0.2) is 11.5 Å². The van der Waals surface area contributed by atoms with Gasteiger partial charge in [-0.2, -0.15) is 0 Å². The monoisotopic (exact) mass is 251 g/mol. The Bertz CT molecular complexity index is 393. The highest BCUT2D eigenvalue weighted by Crippen LogP contribution is 2.36. The zero-order valence-electron chi connectivity index (χ0n) is 11.2. The largest absolute Gasteiger partial charge is 0.486 e. The van der Waals surface area contributed by atoms with E-state index in [9.17, 15) is 0 Å². The molecule has 18 heavy (non-hydrogen) atoms. The molecule has 1 aromatic rings. The van der Waals surface area contributed by atoms with Crippen molar-refractivity contribution in [2.24, 2.45) is 0 Å². The lowest BCUT2D eigenvalue weighted by Crippen LogP contribution is -2.25. The molecule has 0 radical (unpaired) electrons. The highest BCUT2D eigenvalue weighted by molar-refractivity contribution is 5.48. The zero-order chi connectivity index (χ0) is 13.0. The van der Waals surface area contributed by atoms with E-state index in [4.69, 9.17) is 14.2 Å². The van der Waals surface area contributed by atoms with Crippen molar-refractivity contribution in [2.75, 3.05) is 26.9 Å². The van der Waals surface area contributed by atoms with Crippen LogP contribution in [0.5, 0.6) is 11.5 Å². The van der Waals surface area contributed by atoms with Crippen LogP contribution in [0, 0.1) is 0 Å². The van der Waals surface area contributed by atoms with E-state index in [1.54, 1.807) is 0 Å². The Hall–Kier alpha value is -1.26. The molecule has 2 rings (SSSR count). The molecule has 0 aliphatic carbocycles. The van der Waals surface area contributed by atoms with Crippen molar-refractivity contribution < 1.29 is 14.2 Å². The van der Waals surface area contributed by atoms with E-state index in [1.165, 1.54) is 0 Å². The summed E-state index contributed by atoms with van der Waals surface area (Å²) in [5, 5.41) is 3.26. The molecule has 1 heterocycles. The third-order valence-corrected chi connectivity index (χ3v) is 2.92. The van der Waals surface area contributed by atoms with Crippen LogP contribution in [-0.2, 0) is 4.74 Å². The van der Waals surface area contributed by atoms with Crippen molar-refractivity contribution in [3.05, 3.63) is 23.8 Å². The maximum absolute atomic E-state index is 5.72. The summed E-state index contributed by atoms with van der Waals surface area (Å²) in [7, 11) is 1.93. The van der Waals surface area contributed by atoms with E-state index in [0.29, 0.717) is 19.8 Å². The third-order valence-electron chi connectivity index (χ3n) is 2.92. The minimum Gasteiger partial charge on any atom is -0.486 e. The number of rotatable bonds is 5. The molecule has 1 aliphatic rings. The number of benzene rings is 1. The summed E-state index contributed by atoms with van der Waals surface area (Å²) >= 11 is 0. The van der Waals surface area contributed by atoms with Gasteiger partial charge in [0.05, 0.1) is 18.8 Å². The van der Waals surface area contributed by atoms with Gasteiger partial charge in [0.1, 0.15) is 13.2 Å². The topological polar surface area (TPSA) is 39.7 Å². The molecular formula is C14H21NO3. The Labute approximate surface area is 108 Å². The lowest BCUT2D eigenvalue weighted by Gasteiger charge is -2.25. The maximum atomic E-state index is 5.72. The number of hydrogen-bond donors (Lipinski definition) is 1. The first kappa shape index (κ1) is 13.2. The van der Waals surface area contributed by atoms with Crippen LogP contribution in [0.3, 0.4) is 0 Å². The van der Waals surface area contributed by atoms with E-state index in [-0.39, 0.29) is 12.1 Å². The quantitative estimate of drug-likeness (QED) is 0.870. The first-order valence-electron chi connectivity index (χ1n) is 6.39. The van der Waals surface area contributed by atoms with Gasteiger partial charge in [0.25, 0.3) is 0 Å². The summed E-state index contributed by atoms with van der Waals surface area (Å²) in [5.41, 5.74) is 1.09. The van der Waals surface area contributed by atoms with Crippen molar-refractivity contribution >= 4 is 0 Å². The number of para-hydroxylation sites is 1. The van der Waals surface area contributed by atoms with Crippen LogP contribution < -0.4 is 14.8 Å². The fraction of sp³-hybridized carbons (Fsp3) is 0.571. The average molecular weight is 251 g/mol. The van der Waals surface area contributed by atoms with Crippen molar-refractivity contribution in [1.82, 2.24) is 5.32 Å². The normalized spacial score (nSPS) is 15.8. The number of likely N-dealkylation sites (N-methyl/N-ethyl adjacent to an activating group) is 1. The second-order valence-electron chi connectivity index (χ2n) is 4.59. The van der Waals surface area contributed by atoms with Crippen molar-refractivity contribution in [3.63, 3.8) is 0 Å². The first-order valence-corrected chi connectivity index (χ1v) is 6.39. The Morgan fingerprint density at radius 3 is 2.78 bits per heavy atom. The van der Waals surface area contributed by atoms with E-state index in [1.807, 2.05) is 33.0 Å². The number of ether oxygens (including phenoxy) is 3. The molecule has 0 bridgehead atoms. The molecule has 0 saturated carbocycles. The molecule has 1 atom stereocenters. The summed E-state index contributed by atoms with van der Waals surface area (Å²) in [6, 6.07) is 6.10. The van der Waals surface area contributed by atoms with Crippen LogP contribution >= 0.6 is 0 Å². The second-order valence-corrected chi connectivity index (χ2v) is 4.59. The molecule has 0 fully saturated rings. The van der Waals surface area contributed by atoms with Gasteiger partial charge in [-0.3, -0.25) is 0 Å². The molecule has 1 aromatic carbocycles. The van der Waals surface area contributed by atoms with E-state index >= 15 is 0 Å². The molecule has 1 aliphatic heterocycles. The number of fused-ring (bicyclic) bond motifs is 1. The van der Waals surface area contributed by atoms with Crippen LogP contribution in [0.2, 0.25) is 0 Å². The van der Waals surface area contributed by atoms with Gasteiger partial charge in [0, 0.05) is 5.56 Å². The summed E-state index contributed by atoms with van der Waals surface area (Å²) < 4.78 is 17.0. The molecule has 4 heteroatoms. The highest BCUT2D eigenvalue weighted by Gasteiger charge is 2.21. The van der Waals surface area contributed by atoms with Crippen molar-refractivity contribution in [1.29, 1.82) is 0 Å². The first-order chi connectivity index (χ1) is 8.72. The Balaban J connectivity index is 2.19. The summed E-state index contributed by atoms with van der Waals surface area (Å²) in [5.74, 6) is 1.67. The van der Waals surface area contributed by atoms with E-state index < -0.39 is 0 Å². The van der Waals surface area contributed by atoms with Crippen LogP contribution in [0.15, 0.2) is 18.2 Å². The minimum atomic E-state index is 0.115. The molecule has 0 aromatic heterocycles. The third kappa shape index (κ3) is 2.94. The van der Waals surface area contributed by atoms with Gasteiger partial charge in [-0.25, -0.2) is 0 Å². The van der Waals surface area contributed by atoms with Crippen LogP contribution in [0.1, 0.15) is 25.5 Å². The molecule has 4 nitrogen and oxygen atoms in total. The lowest BCUT2D eigenvalue weighted by atomic mass is 10.1. The van der Waals surface area contributed by atoms with Gasteiger partial charge in [-0.1, -0.05) is 12.1 Å². The standard InChI is InChI=1S/C14H21NO3/c1-10(2)18-9-12(15-3)11-5-4-6-13-14(11)17-8-7-16-13/h4-6,10,12,15H,7-9H2,1-3H3. The predicted octanol–water partition coefficient (Wildman–Crippen LogP) is 2.14. The Kier molecular flexibility index (Phi) is 4.44. The van der Waals surface area contributed by atoms with Gasteiger partial charge in [-0.05, 0) is 27.0 Å².